The number of nitrogens with one attached hydrogen (secondary N) is 1. The van der Waals surface area contributed by atoms with Crippen molar-refractivity contribution in [2.75, 3.05) is 18.1 Å². The molecule has 2 atom stereocenters. The fourth-order valence-corrected chi connectivity index (χ4v) is 4.56. The first-order valence-corrected chi connectivity index (χ1v) is 8.39. The predicted octanol–water partition coefficient (Wildman–Crippen LogP) is 1.16. The lowest BCUT2D eigenvalue weighted by molar-refractivity contribution is 0.383. The van der Waals surface area contributed by atoms with Crippen molar-refractivity contribution in [3.63, 3.8) is 0 Å². The summed E-state index contributed by atoms with van der Waals surface area (Å²) in [5.41, 5.74) is 8.08. The van der Waals surface area contributed by atoms with Gasteiger partial charge in [-0.25, -0.2) is 8.42 Å². The molecule has 19 heavy (non-hydrogen) atoms. The van der Waals surface area contributed by atoms with Gasteiger partial charge in [0.25, 0.3) is 0 Å². The molecule has 5 heteroatoms. The molecule has 1 saturated heterocycles. The lowest BCUT2D eigenvalue weighted by atomic mass is 10.00. The highest BCUT2D eigenvalue weighted by molar-refractivity contribution is 7.91. The average Bonchev–Trinajstić information content (AvgIpc) is 2.62. The van der Waals surface area contributed by atoms with Crippen LogP contribution in [0, 0.1) is 6.92 Å². The monoisotopic (exact) mass is 282 g/mol. The zero-order chi connectivity index (χ0) is 14.1. The predicted molar refractivity (Wildman–Crippen MR) is 77.8 cm³/mol. The van der Waals surface area contributed by atoms with Crippen LogP contribution in [0.1, 0.15) is 30.5 Å². The Labute approximate surface area is 115 Å². The standard InChI is InChI=1S/C14H22N2O2S/c1-11-3-5-12(6-4-11)13(15)9-16-14(2)7-8-19(17,18)10-14/h3-6,13,16H,7-10,15H2,1-2H3. The number of hydrogen-bond acceptors (Lipinski definition) is 4. The quantitative estimate of drug-likeness (QED) is 0.869. The SMILES string of the molecule is Cc1ccc(C(N)CNC2(C)CCS(=O)(=O)C2)cc1. The number of aryl methyl sites for hydroxylation is 1. The topological polar surface area (TPSA) is 72.2 Å². The molecule has 106 valence electrons. The second-order valence-corrected chi connectivity index (χ2v) is 7.98. The van der Waals surface area contributed by atoms with E-state index in [9.17, 15) is 8.42 Å². The Balaban J connectivity index is 1.94. The van der Waals surface area contributed by atoms with Crippen molar-refractivity contribution in [1.82, 2.24) is 5.32 Å². The fraction of sp³-hybridized carbons (Fsp3) is 0.571. The number of hydrogen-bond donors (Lipinski definition) is 2. The van der Waals surface area contributed by atoms with Gasteiger partial charge in [-0.1, -0.05) is 29.8 Å². The minimum absolute atomic E-state index is 0.110. The van der Waals surface area contributed by atoms with Gasteiger partial charge in [-0.15, -0.1) is 0 Å². The fourth-order valence-electron chi connectivity index (χ4n) is 2.44. The van der Waals surface area contributed by atoms with Crippen LogP contribution in [0.2, 0.25) is 0 Å². The summed E-state index contributed by atoms with van der Waals surface area (Å²) >= 11 is 0. The van der Waals surface area contributed by atoms with E-state index in [4.69, 9.17) is 5.73 Å². The minimum Gasteiger partial charge on any atom is -0.323 e. The Hall–Kier alpha value is -0.910. The molecule has 0 aromatic heterocycles. The maximum atomic E-state index is 11.5. The normalized spacial score (nSPS) is 27.3. The van der Waals surface area contributed by atoms with Gasteiger partial charge in [0.05, 0.1) is 11.5 Å². The van der Waals surface area contributed by atoms with Gasteiger partial charge in [0.1, 0.15) is 0 Å². The minimum atomic E-state index is -2.88. The van der Waals surface area contributed by atoms with Crippen molar-refractivity contribution in [3.05, 3.63) is 35.4 Å². The molecule has 3 N–H and O–H groups in total. The van der Waals surface area contributed by atoms with E-state index >= 15 is 0 Å². The van der Waals surface area contributed by atoms with Crippen molar-refractivity contribution in [1.29, 1.82) is 0 Å². The first-order valence-electron chi connectivity index (χ1n) is 6.57. The third kappa shape index (κ3) is 3.78. The van der Waals surface area contributed by atoms with Crippen LogP contribution in [0.5, 0.6) is 0 Å². The van der Waals surface area contributed by atoms with Crippen LogP contribution in [-0.2, 0) is 9.84 Å². The summed E-state index contributed by atoms with van der Waals surface area (Å²) in [4.78, 5) is 0. The Morgan fingerprint density at radius 2 is 2.00 bits per heavy atom. The molecule has 0 spiro atoms. The van der Waals surface area contributed by atoms with Crippen molar-refractivity contribution >= 4 is 9.84 Å². The summed E-state index contributed by atoms with van der Waals surface area (Å²) in [5.74, 6) is 0.483. The molecule has 1 heterocycles. The Morgan fingerprint density at radius 3 is 2.53 bits per heavy atom. The summed E-state index contributed by atoms with van der Waals surface area (Å²) in [6.07, 6.45) is 0.663. The highest BCUT2D eigenvalue weighted by Gasteiger charge is 2.38. The van der Waals surface area contributed by atoms with Crippen LogP contribution in [0.15, 0.2) is 24.3 Å². The van der Waals surface area contributed by atoms with Crippen LogP contribution in [-0.4, -0.2) is 32.0 Å². The van der Waals surface area contributed by atoms with Crippen LogP contribution in [0.4, 0.5) is 0 Å². The van der Waals surface area contributed by atoms with Gasteiger partial charge in [0.15, 0.2) is 9.84 Å². The maximum absolute atomic E-state index is 11.5. The summed E-state index contributed by atoms with van der Waals surface area (Å²) in [6.45, 7) is 4.59. The summed E-state index contributed by atoms with van der Waals surface area (Å²) in [7, 11) is -2.88. The van der Waals surface area contributed by atoms with Crippen LogP contribution >= 0.6 is 0 Å². The maximum Gasteiger partial charge on any atom is 0.152 e. The van der Waals surface area contributed by atoms with Crippen LogP contribution in [0.3, 0.4) is 0 Å². The first kappa shape index (κ1) is 14.5. The highest BCUT2D eigenvalue weighted by atomic mass is 32.2. The Morgan fingerprint density at radius 1 is 1.37 bits per heavy atom. The third-order valence-corrected chi connectivity index (χ3v) is 5.66. The molecule has 2 unspecified atom stereocenters. The number of sulfone groups is 1. The lowest BCUT2D eigenvalue weighted by Crippen LogP contribution is -2.46. The van der Waals surface area contributed by atoms with E-state index in [0.29, 0.717) is 13.0 Å². The highest BCUT2D eigenvalue weighted by Crippen LogP contribution is 2.23. The van der Waals surface area contributed by atoms with E-state index in [2.05, 4.69) is 5.32 Å². The second kappa shape index (κ2) is 5.23. The second-order valence-electron chi connectivity index (χ2n) is 5.80. The Kier molecular flexibility index (Phi) is 3.99. The van der Waals surface area contributed by atoms with Crippen LogP contribution < -0.4 is 11.1 Å². The van der Waals surface area contributed by atoms with Crippen LogP contribution in [0.25, 0.3) is 0 Å². The van der Waals surface area contributed by atoms with E-state index in [1.807, 2.05) is 38.1 Å². The zero-order valence-electron chi connectivity index (χ0n) is 11.5. The molecule has 1 aromatic carbocycles. The lowest BCUT2D eigenvalue weighted by Gasteiger charge is -2.26. The molecule has 0 radical (unpaired) electrons. The number of nitrogens with two attached hydrogens (primary N) is 1. The first-order chi connectivity index (χ1) is 8.80. The molecule has 1 aliphatic rings. The zero-order valence-corrected chi connectivity index (χ0v) is 12.3. The molecule has 1 fully saturated rings. The summed E-state index contributed by atoms with van der Waals surface area (Å²) in [5, 5.41) is 3.32. The van der Waals surface area contributed by atoms with Crippen molar-refractivity contribution < 1.29 is 8.42 Å². The molecule has 0 bridgehead atoms. The Bertz CT molecular complexity index is 539. The summed E-state index contributed by atoms with van der Waals surface area (Å²) in [6, 6.07) is 8.01. The van der Waals surface area contributed by atoms with E-state index in [0.717, 1.165) is 5.56 Å². The van der Waals surface area contributed by atoms with Gasteiger partial charge >= 0.3 is 0 Å². The van der Waals surface area contributed by atoms with E-state index < -0.39 is 9.84 Å². The molecule has 0 saturated carbocycles. The molecule has 0 amide bonds. The number of benzene rings is 1. The molecular formula is C14H22N2O2S. The van der Waals surface area contributed by atoms with E-state index in [1.165, 1.54) is 5.56 Å². The van der Waals surface area contributed by atoms with E-state index in [-0.39, 0.29) is 23.1 Å². The van der Waals surface area contributed by atoms with Crippen molar-refractivity contribution in [2.24, 2.45) is 5.73 Å². The summed E-state index contributed by atoms with van der Waals surface area (Å²) < 4.78 is 23.1. The number of rotatable bonds is 4. The molecule has 2 rings (SSSR count). The van der Waals surface area contributed by atoms with Gasteiger partial charge < -0.3 is 11.1 Å². The van der Waals surface area contributed by atoms with Crippen molar-refractivity contribution in [2.45, 2.75) is 31.8 Å². The van der Waals surface area contributed by atoms with Gasteiger partial charge in [0, 0.05) is 18.1 Å². The van der Waals surface area contributed by atoms with Gasteiger partial charge in [-0.05, 0) is 25.8 Å². The largest absolute Gasteiger partial charge is 0.323 e. The van der Waals surface area contributed by atoms with Gasteiger partial charge in [-0.2, -0.15) is 0 Å². The molecule has 4 nitrogen and oxygen atoms in total. The molecular weight excluding hydrogens is 260 g/mol. The van der Waals surface area contributed by atoms with Gasteiger partial charge in [-0.3, -0.25) is 0 Å². The average molecular weight is 282 g/mol. The molecule has 0 aliphatic carbocycles. The smallest absolute Gasteiger partial charge is 0.152 e. The third-order valence-electron chi connectivity index (χ3n) is 3.76. The van der Waals surface area contributed by atoms with Gasteiger partial charge in [0.2, 0.25) is 0 Å². The molecule has 1 aromatic rings. The molecule has 1 aliphatic heterocycles. The van der Waals surface area contributed by atoms with E-state index in [1.54, 1.807) is 0 Å². The van der Waals surface area contributed by atoms with Crippen molar-refractivity contribution in [3.8, 4) is 0 Å².